The molecule has 1 aromatic rings. The molecule has 0 aliphatic heterocycles. The molecule has 2 rings (SSSR count). The molecule has 2 atom stereocenters. The Balaban J connectivity index is 1.84. The van der Waals surface area contributed by atoms with Gasteiger partial charge in [0.2, 0.25) is 5.91 Å². The molecular formula is C14H18BrNO. The van der Waals surface area contributed by atoms with E-state index in [9.17, 15) is 4.79 Å². The number of carbonyl (C=O) groups excluding carboxylic acids is 1. The predicted molar refractivity (Wildman–Crippen MR) is 73.3 cm³/mol. The van der Waals surface area contributed by atoms with E-state index in [4.69, 9.17) is 0 Å². The van der Waals surface area contributed by atoms with Crippen molar-refractivity contribution in [1.29, 1.82) is 0 Å². The molecule has 92 valence electrons. The topological polar surface area (TPSA) is 29.1 Å². The molecule has 0 saturated heterocycles. The van der Waals surface area contributed by atoms with Crippen molar-refractivity contribution in [3.8, 4) is 0 Å². The van der Waals surface area contributed by atoms with Crippen molar-refractivity contribution in [1.82, 2.24) is 5.32 Å². The largest absolute Gasteiger partial charge is 0.352 e. The van der Waals surface area contributed by atoms with Gasteiger partial charge in [-0.1, -0.05) is 59.1 Å². The summed E-state index contributed by atoms with van der Waals surface area (Å²) in [5, 5.41) is 3.13. The van der Waals surface area contributed by atoms with E-state index in [0.29, 0.717) is 17.3 Å². The van der Waals surface area contributed by atoms with Crippen LogP contribution in [-0.2, 0) is 11.2 Å². The summed E-state index contributed by atoms with van der Waals surface area (Å²) in [5.41, 5.74) is 1.08. The van der Waals surface area contributed by atoms with Crippen LogP contribution in [0.5, 0.6) is 0 Å². The summed E-state index contributed by atoms with van der Waals surface area (Å²) < 4.78 is 0. The summed E-state index contributed by atoms with van der Waals surface area (Å²) in [6, 6.07) is 10.2. The highest BCUT2D eigenvalue weighted by Gasteiger charge is 2.23. The van der Waals surface area contributed by atoms with Crippen LogP contribution in [0.15, 0.2) is 30.3 Å². The standard InChI is InChI=1S/C14H18BrNO/c15-12-8-4-5-9-13(12)16-14(17)10-11-6-2-1-3-7-11/h1-3,6-7,12-13H,4-5,8-10H2,(H,16,17). The minimum absolute atomic E-state index is 0.132. The fourth-order valence-electron chi connectivity index (χ4n) is 2.29. The number of carbonyl (C=O) groups is 1. The van der Waals surface area contributed by atoms with Crippen LogP contribution in [-0.4, -0.2) is 16.8 Å². The third kappa shape index (κ3) is 3.84. The lowest BCUT2D eigenvalue weighted by Crippen LogP contribution is -2.43. The zero-order valence-electron chi connectivity index (χ0n) is 9.86. The third-order valence-corrected chi connectivity index (χ3v) is 4.33. The lowest BCUT2D eigenvalue weighted by molar-refractivity contribution is -0.121. The minimum Gasteiger partial charge on any atom is -0.352 e. The molecule has 17 heavy (non-hydrogen) atoms. The molecule has 1 saturated carbocycles. The van der Waals surface area contributed by atoms with Crippen LogP contribution < -0.4 is 5.32 Å². The van der Waals surface area contributed by atoms with E-state index >= 15 is 0 Å². The molecule has 0 spiro atoms. The fraction of sp³-hybridized carbons (Fsp3) is 0.500. The van der Waals surface area contributed by atoms with E-state index in [1.165, 1.54) is 12.8 Å². The number of benzene rings is 1. The van der Waals surface area contributed by atoms with Gasteiger partial charge < -0.3 is 5.32 Å². The molecule has 1 amide bonds. The number of halogens is 1. The van der Waals surface area contributed by atoms with Gasteiger partial charge in [-0.05, 0) is 18.4 Å². The first-order chi connectivity index (χ1) is 8.25. The Kier molecular flexibility index (Phi) is 4.60. The monoisotopic (exact) mass is 295 g/mol. The van der Waals surface area contributed by atoms with Crippen LogP contribution in [0.1, 0.15) is 31.2 Å². The van der Waals surface area contributed by atoms with E-state index in [0.717, 1.165) is 18.4 Å². The summed E-state index contributed by atoms with van der Waals surface area (Å²) in [7, 11) is 0. The average molecular weight is 296 g/mol. The van der Waals surface area contributed by atoms with Crippen molar-refractivity contribution in [2.75, 3.05) is 0 Å². The van der Waals surface area contributed by atoms with E-state index in [2.05, 4.69) is 21.2 Å². The molecule has 2 unspecified atom stereocenters. The number of rotatable bonds is 3. The Morgan fingerprint density at radius 3 is 2.65 bits per heavy atom. The first kappa shape index (κ1) is 12.6. The fourth-order valence-corrected chi connectivity index (χ4v) is 3.01. The zero-order chi connectivity index (χ0) is 12.1. The van der Waals surface area contributed by atoms with Gasteiger partial charge in [0.1, 0.15) is 0 Å². The van der Waals surface area contributed by atoms with Crippen molar-refractivity contribution in [2.24, 2.45) is 0 Å². The summed E-state index contributed by atoms with van der Waals surface area (Å²) in [5.74, 6) is 0.132. The van der Waals surface area contributed by atoms with Crippen LogP contribution in [0.25, 0.3) is 0 Å². The lowest BCUT2D eigenvalue weighted by Gasteiger charge is -2.28. The van der Waals surface area contributed by atoms with Crippen molar-refractivity contribution in [3.05, 3.63) is 35.9 Å². The maximum Gasteiger partial charge on any atom is 0.224 e. The van der Waals surface area contributed by atoms with Gasteiger partial charge in [0.25, 0.3) is 0 Å². The lowest BCUT2D eigenvalue weighted by atomic mass is 9.95. The first-order valence-corrected chi connectivity index (χ1v) is 7.14. The second-order valence-electron chi connectivity index (χ2n) is 4.64. The SMILES string of the molecule is O=C(Cc1ccccc1)NC1CCCCC1Br. The second-order valence-corrected chi connectivity index (χ2v) is 5.81. The Labute approximate surface area is 111 Å². The predicted octanol–water partition coefficient (Wildman–Crippen LogP) is 3.05. The maximum absolute atomic E-state index is 11.9. The zero-order valence-corrected chi connectivity index (χ0v) is 11.4. The molecule has 1 aliphatic carbocycles. The van der Waals surface area contributed by atoms with Crippen LogP contribution in [0.4, 0.5) is 0 Å². The molecule has 1 aromatic carbocycles. The van der Waals surface area contributed by atoms with Crippen LogP contribution in [0.2, 0.25) is 0 Å². The van der Waals surface area contributed by atoms with Crippen molar-refractivity contribution in [2.45, 2.75) is 43.0 Å². The Bertz CT molecular complexity index is 366. The highest BCUT2D eigenvalue weighted by Crippen LogP contribution is 2.24. The van der Waals surface area contributed by atoms with Crippen molar-refractivity contribution < 1.29 is 4.79 Å². The molecule has 1 aliphatic rings. The van der Waals surface area contributed by atoms with Gasteiger partial charge >= 0.3 is 0 Å². The number of nitrogens with one attached hydrogen (secondary N) is 1. The molecule has 1 fully saturated rings. The summed E-state index contributed by atoms with van der Waals surface area (Å²) in [6.45, 7) is 0. The van der Waals surface area contributed by atoms with Gasteiger partial charge in [0.05, 0.1) is 6.42 Å². The molecule has 0 radical (unpaired) electrons. The molecule has 2 nitrogen and oxygen atoms in total. The van der Waals surface area contributed by atoms with E-state index in [1.54, 1.807) is 0 Å². The quantitative estimate of drug-likeness (QED) is 0.853. The summed E-state index contributed by atoms with van der Waals surface area (Å²) in [6.07, 6.45) is 5.23. The van der Waals surface area contributed by atoms with E-state index < -0.39 is 0 Å². The van der Waals surface area contributed by atoms with E-state index in [-0.39, 0.29) is 5.91 Å². The van der Waals surface area contributed by atoms with E-state index in [1.807, 2.05) is 30.3 Å². The minimum atomic E-state index is 0.132. The number of hydrogen-bond acceptors (Lipinski definition) is 1. The summed E-state index contributed by atoms with van der Waals surface area (Å²) >= 11 is 3.65. The van der Waals surface area contributed by atoms with Gasteiger partial charge in [-0.3, -0.25) is 4.79 Å². The van der Waals surface area contributed by atoms with Gasteiger partial charge in [0.15, 0.2) is 0 Å². The third-order valence-electron chi connectivity index (χ3n) is 3.24. The molecule has 0 heterocycles. The smallest absolute Gasteiger partial charge is 0.224 e. The molecule has 0 bridgehead atoms. The first-order valence-electron chi connectivity index (χ1n) is 6.23. The average Bonchev–Trinajstić information content (AvgIpc) is 2.33. The normalized spacial score (nSPS) is 24.3. The molecule has 1 N–H and O–H groups in total. The highest BCUT2D eigenvalue weighted by molar-refractivity contribution is 9.09. The van der Waals surface area contributed by atoms with Crippen LogP contribution >= 0.6 is 15.9 Å². The Hall–Kier alpha value is -0.830. The van der Waals surface area contributed by atoms with Crippen molar-refractivity contribution >= 4 is 21.8 Å². The highest BCUT2D eigenvalue weighted by atomic mass is 79.9. The molecular weight excluding hydrogens is 278 g/mol. The number of hydrogen-bond donors (Lipinski definition) is 1. The molecule has 3 heteroatoms. The molecule has 0 aromatic heterocycles. The van der Waals surface area contributed by atoms with Crippen LogP contribution in [0.3, 0.4) is 0 Å². The van der Waals surface area contributed by atoms with Gasteiger partial charge in [-0.25, -0.2) is 0 Å². The van der Waals surface area contributed by atoms with Gasteiger partial charge in [-0.2, -0.15) is 0 Å². The van der Waals surface area contributed by atoms with Gasteiger partial charge in [0, 0.05) is 10.9 Å². The van der Waals surface area contributed by atoms with Crippen molar-refractivity contribution in [3.63, 3.8) is 0 Å². The summed E-state index contributed by atoms with van der Waals surface area (Å²) in [4.78, 5) is 12.3. The number of amides is 1. The number of alkyl halides is 1. The maximum atomic E-state index is 11.9. The second kappa shape index (κ2) is 6.20. The van der Waals surface area contributed by atoms with Gasteiger partial charge in [-0.15, -0.1) is 0 Å². The van der Waals surface area contributed by atoms with Crippen LogP contribution in [0, 0.1) is 0 Å². The Morgan fingerprint density at radius 1 is 1.24 bits per heavy atom. The Morgan fingerprint density at radius 2 is 1.94 bits per heavy atom.